The molecule has 1 aromatic heterocycles. The molecule has 0 unspecified atom stereocenters. The SMILES string of the molecule is O=C(NCC1CCN(C(=O)CCc2cccc(Cl)c2)CC1)c1cccnc1. The predicted molar refractivity (Wildman–Crippen MR) is 106 cm³/mol. The topological polar surface area (TPSA) is 62.3 Å². The standard InChI is InChI=1S/C21H24ClN3O2/c22-19-5-1-3-16(13-19)6-7-20(26)25-11-8-17(9-12-25)14-24-21(27)18-4-2-10-23-15-18/h1-5,10,13,15,17H,6-9,11-12,14H2,(H,24,27). The Morgan fingerprint density at radius 1 is 1.19 bits per heavy atom. The Morgan fingerprint density at radius 3 is 2.70 bits per heavy atom. The van der Waals surface area contributed by atoms with Gasteiger partial charge in [0.15, 0.2) is 0 Å². The molecule has 0 saturated carbocycles. The Balaban J connectivity index is 1.38. The van der Waals surface area contributed by atoms with Crippen LogP contribution >= 0.6 is 11.6 Å². The number of hydrogen-bond donors (Lipinski definition) is 1. The molecule has 0 bridgehead atoms. The van der Waals surface area contributed by atoms with Crippen molar-refractivity contribution in [3.8, 4) is 0 Å². The lowest BCUT2D eigenvalue weighted by atomic mass is 9.96. The third-order valence-electron chi connectivity index (χ3n) is 4.96. The first-order chi connectivity index (χ1) is 13.1. The highest BCUT2D eigenvalue weighted by Crippen LogP contribution is 2.18. The van der Waals surface area contributed by atoms with Gasteiger partial charge >= 0.3 is 0 Å². The van der Waals surface area contributed by atoms with Crippen molar-refractivity contribution < 1.29 is 9.59 Å². The largest absolute Gasteiger partial charge is 0.352 e. The van der Waals surface area contributed by atoms with Crippen LogP contribution in [0.1, 0.15) is 35.2 Å². The molecule has 1 saturated heterocycles. The van der Waals surface area contributed by atoms with Crippen LogP contribution in [-0.4, -0.2) is 41.3 Å². The monoisotopic (exact) mass is 385 g/mol. The molecule has 0 radical (unpaired) electrons. The molecule has 2 heterocycles. The Morgan fingerprint density at radius 2 is 2.00 bits per heavy atom. The van der Waals surface area contributed by atoms with Gasteiger partial charge < -0.3 is 10.2 Å². The Bertz CT molecular complexity index is 774. The van der Waals surface area contributed by atoms with Gasteiger partial charge in [0, 0.05) is 43.5 Å². The maximum absolute atomic E-state index is 12.4. The number of nitrogens with one attached hydrogen (secondary N) is 1. The molecule has 142 valence electrons. The van der Waals surface area contributed by atoms with E-state index < -0.39 is 0 Å². The van der Waals surface area contributed by atoms with Crippen molar-refractivity contribution in [1.82, 2.24) is 15.2 Å². The third kappa shape index (κ3) is 5.79. The van der Waals surface area contributed by atoms with Gasteiger partial charge in [0.05, 0.1) is 5.56 Å². The number of hydrogen-bond acceptors (Lipinski definition) is 3. The molecule has 1 aromatic carbocycles. The quantitative estimate of drug-likeness (QED) is 0.829. The smallest absolute Gasteiger partial charge is 0.252 e. The number of carbonyl (C=O) groups is 2. The first-order valence-electron chi connectivity index (χ1n) is 9.32. The summed E-state index contributed by atoms with van der Waals surface area (Å²) in [6.45, 7) is 2.14. The normalized spacial score (nSPS) is 14.8. The lowest BCUT2D eigenvalue weighted by Gasteiger charge is -2.32. The minimum absolute atomic E-state index is 0.0943. The number of halogens is 1. The van der Waals surface area contributed by atoms with Crippen molar-refractivity contribution in [2.24, 2.45) is 5.92 Å². The van der Waals surface area contributed by atoms with Crippen molar-refractivity contribution >= 4 is 23.4 Å². The number of amides is 2. The first-order valence-corrected chi connectivity index (χ1v) is 9.70. The third-order valence-corrected chi connectivity index (χ3v) is 5.19. The minimum Gasteiger partial charge on any atom is -0.352 e. The van der Waals surface area contributed by atoms with Crippen LogP contribution in [0, 0.1) is 5.92 Å². The summed E-state index contributed by atoms with van der Waals surface area (Å²) in [6, 6.07) is 11.2. The highest BCUT2D eigenvalue weighted by molar-refractivity contribution is 6.30. The van der Waals surface area contributed by atoms with Crippen molar-refractivity contribution in [3.05, 3.63) is 64.9 Å². The number of benzene rings is 1. The molecule has 27 heavy (non-hydrogen) atoms. The van der Waals surface area contributed by atoms with Gasteiger partial charge in [-0.05, 0) is 55.0 Å². The summed E-state index contributed by atoms with van der Waals surface area (Å²) in [5.74, 6) is 0.499. The molecule has 1 aliphatic heterocycles. The zero-order chi connectivity index (χ0) is 19.1. The number of nitrogens with zero attached hydrogens (tertiary/aromatic N) is 2. The highest BCUT2D eigenvalue weighted by atomic mass is 35.5. The van der Waals surface area contributed by atoms with Gasteiger partial charge in [0.2, 0.25) is 5.91 Å². The van der Waals surface area contributed by atoms with E-state index in [9.17, 15) is 9.59 Å². The summed E-state index contributed by atoms with van der Waals surface area (Å²) in [6.07, 6.45) is 6.25. The second-order valence-electron chi connectivity index (χ2n) is 6.91. The molecule has 1 N–H and O–H groups in total. The van der Waals surface area contributed by atoms with Crippen LogP contribution in [0.2, 0.25) is 5.02 Å². The van der Waals surface area contributed by atoms with E-state index in [1.54, 1.807) is 24.5 Å². The fourth-order valence-electron chi connectivity index (χ4n) is 3.32. The molecule has 5 nitrogen and oxygen atoms in total. The van der Waals surface area contributed by atoms with E-state index in [2.05, 4.69) is 10.3 Å². The molecule has 2 aromatic rings. The van der Waals surface area contributed by atoms with Gasteiger partial charge in [-0.1, -0.05) is 23.7 Å². The summed E-state index contributed by atoms with van der Waals surface area (Å²) in [5, 5.41) is 3.67. The number of piperidine rings is 1. The lowest BCUT2D eigenvalue weighted by Crippen LogP contribution is -2.41. The van der Waals surface area contributed by atoms with Crippen molar-refractivity contribution in [2.75, 3.05) is 19.6 Å². The van der Waals surface area contributed by atoms with E-state index in [1.165, 1.54) is 0 Å². The van der Waals surface area contributed by atoms with Crippen LogP contribution < -0.4 is 5.32 Å². The fourth-order valence-corrected chi connectivity index (χ4v) is 3.54. The van der Waals surface area contributed by atoms with Crippen LogP contribution in [0.15, 0.2) is 48.8 Å². The second-order valence-corrected chi connectivity index (χ2v) is 7.34. The van der Waals surface area contributed by atoms with Gasteiger partial charge in [0.25, 0.3) is 5.91 Å². The van der Waals surface area contributed by atoms with Crippen LogP contribution in [0.3, 0.4) is 0 Å². The zero-order valence-electron chi connectivity index (χ0n) is 15.2. The van der Waals surface area contributed by atoms with Crippen molar-refractivity contribution in [1.29, 1.82) is 0 Å². The molecule has 2 amide bonds. The van der Waals surface area contributed by atoms with E-state index >= 15 is 0 Å². The van der Waals surface area contributed by atoms with Gasteiger partial charge in [0.1, 0.15) is 0 Å². The molecule has 1 fully saturated rings. The van der Waals surface area contributed by atoms with Crippen LogP contribution in [0.5, 0.6) is 0 Å². The van der Waals surface area contributed by atoms with E-state index in [0.717, 1.165) is 31.5 Å². The average molecular weight is 386 g/mol. The molecule has 6 heteroatoms. The fraction of sp³-hybridized carbons (Fsp3) is 0.381. The number of aromatic nitrogens is 1. The summed E-state index contributed by atoms with van der Waals surface area (Å²) in [7, 11) is 0. The number of aryl methyl sites for hydroxylation is 1. The average Bonchev–Trinajstić information content (AvgIpc) is 2.71. The number of pyridine rings is 1. The van der Waals surface area contributed by atoms with Gasteiger partial charge in [-0.3, -0.25) is 14.6 Å². The van der Waals surface area contributed by atoms with Gasteiger partial charge in [-0.25, -0.2) is 0 Å². The van der Waals surface area contributed by atoms with Crippen molar-refractivity contribution in [2.45, 2.75) is 25.7 Å². The van der Waals surface area contributed by atoms with E-state index in [4.69, 9.17) is 11.6 Å². The predicted octanol–water partition coefficient (Wildman–Crippen LogP) is 3.34. The molecular formula is C21H24ClN3O2. The molecular weight excluding hydrogens is 362 g/mol. The van der Waals surface area contributed by atoms with Gasteiger partial charge in [-0.2, -0.15) is 0 Å². The maximum Gasteiger partial charge on any atom is 0.252 e. The number of carbonyl (C=O) groups excluding carboxylic acids is 2. The highest BCUT2D eigenvalue weighted by Gasteiger charge is 2.23. The lowest BCUT2D eigenvalue weighted by molar-refractivity contribution is -0.132. The summed E-state index contributed by atoms with van der Waals surface area (Å²) >= 11 is 5.99. The Labute approximate surface area is 164 Å². The van der Waals surface area contributed by atoms with Crippen LogP contribution in [-0.2, 0) is 11.2 Å². The molecule has 3 rings (SSSR count). The summed E-state index contributed by atoms with van der Waals surface area (Å²) < 4.78 is 0. The molecule has 0 atom stereocenters. The molecule has 0 spiro atoms. The second kappa shape index (κ2) is 9.51. The minimum atomic E-state index is -0.0943. The number of rotatable bonds is 6. The summed E-state index contributed by atoms with van der Waals surface area (Å²) in [4.78, 5) is 30.4. The Kier molecular flexibility index (Phi) is 6.82. The molecule has 1 aliphatic rings. The van der Waals surface area contributed by atoms with E-state index in [1.807, 2.05) is 29.2 Å². The number of likely N-dealkylation sites (tertiary alicyclic amines) is 1. The maximum atomic E-state index is 12.4. The first kappa shape index (κ1) is 19.4. The van der Waals surface area contributed by atoms with Crippen molar-refractivity contribution in [3.63, 3.8) is 0 Å². The van der Waals surface area contributed by atoms with E-state index in [-0.39, 0.29) is 11.8 Å². The van der Waals surface area contributed by atoms with Crippen LogP contribution in [0.25, 0.3) is 0 Å². The Hall–Kier alpha value is -2.40. The zero-order valence-corrected chi connectivity index (χ0v) is 16.0. The molecule has 0 aliphatic carbocycles. The summed E-state index contributed by atoms with van der Waals surface area (Å²) in [5.41, 5.74) is 1.66. The van der Waals surface area contributed by atoms with Crippen LogP contribution in [0.4, 0.5) is 0 Å². The van der Waals surface area contributed by atoms with Gasteiger partial charge in [-0.15, -0.1) is 0 Å². The van der Waals surface area contributed by atoms with E-state index in [0.29, 0.717) is 35.9 Å².